The summed E-state index contributed by atoms with van der Waals surface area (Å²) in [6.45, 7) is 18.1. The number of hydrogen-bond donors (Lipinski definition) is 0. The fourth-order valence-corrected chi connectivity index (χ4v) is 2.55. The predicted molar refractivity (Wildman–Crippen MR) is 72.1 cm³/mol. The van der Waals surface area contributed by atoms with Crippen molar-refractivity contribution >= 4 is 0 Å². The lowest BCUT2D eigenvalue weighted by molar-refractivity contribution is 0.218. The lowest BCUT2D eigenvalue weighted by Crippen LogP contribution is -2.41. The van der Waals surface area contributed by atoms with Crippen LogP contribution in [0.15, 0.2) is 23.5 Å². The standard InChI is InChI=1S/C15H27N/c1-11-9-13(14(3,4)5)10-12(2)16(11)15(6,7)8/h9-10,13H,1-8H3. The van der Waals surface area contributed by atoms with Crippen LogP contribution in [0.5, 0.6) is 0 Å². The average Bonchev–Trinajstić information content (AvgIpc) is 1.97. The zero-order valence-corrected chi connectivity index (χ0v) is 12.2. The molecule has 0 amide bonds. The molecule has 0 aliphatic carbocycles. The first kappa shape index (κ1) is 13.3. The third-order valence-corrected chi connectivity index (χ3v) is 3.22. The minimum absolute atomic E-state index is 0.171. The van der Waals surface area contributed by atoms with Crippen LogP contribution in [-0.4, -0.2) is 10.4 Å². The highest BCUT2D eigenvalue weighted by atomic mass is 15.2. The largest absolute Gasteiger partial charge is 0.345 e. The van der Waals surface area contributed by atoms with Crippen molar-refractivity contribution in [1.82, 2.24) is 4.90 Å². The topological polar surface area (TPSA) is 3.24 Å². The quantitative estimate of drug-likeness (QED) is 0.579. The molecule has 1 heteroatoms. The second kappa shape index (κ2) is 3.94. The van der Waals surface area contributed by atoms with Crippen molar-refractivity contribution in [3.63, 3.8) is 0 Å². The summed E-state index contributed by atoms with van der Waals surface area (Å²) in [5, 5.41) is 0. The van der Waals surface area contributed by atoms with E-state index in [4.69, 9.17) is 0 Å². The van der Waals surface area contributed by atoms with Gasteiger partial charge in [-0.05, 0) is 40.0 Å². The van der Waals surface area contributed by atoms with Gasteiger partial charge in [-0.2, -0.15) is 0 Å². The average molecular weight is 221 g/mol. The van der Waals surface area contributed by atoms with Gasteiger partial charge in [-0.1, -0.05) is 32.9 Å². The minimum atomic E-state index is 0.171. The molecule has 0 saturated heterocycles. The molecule has 0 aromatic rings. The van der Waals surface area contributed by atoms with Crippen LogP contribution < -0.4 is 0 Å². The summed E-state index contributed by atoms with van der Waals surface area (Å²) >= 11 is 0. The summed E-state index contributed by atoms with van der Waals surface area (Å²) in [5.41, 5.74) is 3.25. The van der Waals surface area contributed by atoms with Gasteiger partial charge in [0.1, 0.15) is 0 Å². The Morgan fingerprint density at radius 1 is 0.875 bits per heavy atom. The Morgan fingerprint density at radius 3 is 1.50 bits per heavy atom. The van der Waals surface area contributed by atoms with E-state index >= 15 is 0 Å². The van der Waals surface area contributed by atoms with Crippen LogP contribution in [0.3, 0.4) is 0 Å². The van der Waals surface area contributed by atoms with Crippen LogP contribution >= 0.6 is 0 Å². The molecule has 1 heterocycles. The maximum atomic E-state index is 2.43. The van der Waals surface area contributed by atoms with E-state index in [-0.39, 0.29) is 5.54 Å². The van der Waals surface area contributed by atoms with Crippen molar-refractivity contribution in [3.05, 3.63) is 23.5 Å². The first-order chi connectivity index (χ1) is 7.03. The van der Waals surface area contributed by atoms with E-state index in [0.717, 1.165) is 0 Å². The van der Waals surface area contributed by atoms with E-state index in [0.29, 0.717) is 11.3 Å². The van der Waals surface area contributed by atoms with Gasteiger partial charge in [0.15, 0.2) is 0 Å². The van der Waals surface area contributed by atoms with Gasteiger partial charge in [-0.15, -0.1) is 0 Å². The lowest BCUT2D eigenvalue weighted by atomic mass is 9.78. The third kappa shape index (κ3) is 2.69. The second-order valence-corrected chi connectivity index (χ2v) is 7.01. The van der Waals surface area contributed by atoms with E-state index in [1.165, 1.54) is 11.4 Å². The molecule has 92 valence electrons. The smallest absolute Gasteiger partial charge is 0.0360 e. The van der Waals surface area contributed by atoms with Gasteiger partial charge in [0.2, 0.25) is 0 Å². The molecule has 0 aromatic heterocycles. The number of hydrogen-bond acceptors (Lipinski definition) is 1. The van der Waals surface area contributed by atoms with Crippen molar-refractivity contribution in [1.29, 1.82) is 0 Å². The molecule has 0 saturated carbocycles. The molecule has 1 aliphatic heterocycles. The first-order valence-electron chi connectivity index (χ1n) is 6.20. The SMILES string of the molecule is CC1=CC(C(C)(C)C)C=C(C)N1C(C)(C)C. The summed E-state index contributed by atoms with van der Waals surface area (Å²) in [5.74, 6) is 0.547. The van der Waals surface area contributed by atoms with E-state index in [9.17, 15) is 0 Å². The van der Waals surface area contributed by atoms with Crippen molar-refractivity contribution in [3.8, 4) is 0 Å². The Hall–Kier alpha value is -0.720. The third-order valence-electron chi connectivity index (χ3n) is 3.22. The molecule has 1 aliphatic rings. The molecule has 0 unspecified atom stereocenters. The molecular formula is C15H27N. The highest BCUT2D eigenvalue weighted by Gasteiger charge is 2.30. The summed E-state index contributed by atoms with van der Waals surface area (Å²) in [6.07, 6.45) is 4.80. The van der Waals surface area contributed by atoms with Crippen molar-refractivity contribution in [2.75, 3.05) is 0 Å². The number of nitrogens with zero attached hydrogens (tertiary/aromatic N) is 1. The van der Waals surface area contributed by atoms with Gasteiger partial charge in [-0.3, -0.25) is 0 Å². The number of allylic oxidation sites excluding steroid dienone is 4. The van der Waals surface area contributed by atoms with Crippen molar-refractivity contribution in [2.24, 2.45) is 11.3 Å². The Balaban J connectivity index is 3.07. The Kier molecular flexibility index (Phi) is 3.29. The summed E-state index contributed by atoms with van der Waals surface area (Å²) in [4.78, 5) is 2.43. The predicted octanol–water partition coefficient (Wildman–Crippen LogP) is 4.57. The van der Waals surface area contributed by atoms with Gasteiger partial charge >= 0.3 is 0 Å². The van der Waals surface area contributed by atoms with Gasteiger partial charge in [0.25, 0.3) is 0 Å². The van der Waals surface area contributed by atoms with Crippen LogP contribution in [0.2, 0.25) is 0 Å². The maximum absolute atomic E-state index is 2.43. The minimum Gasteiger partial charge on any atom is -0.345 e. The zero-order valence-electron chi connectivity index (χ0n) is 12.2. The van der Waals surface area contributed by atoms with Crippen molar-refractivity contribution in [2.45, 2.75) is 60.9 Å². The van der Waals surface area contributed by atoms with Crippen LogP contribution in [-0.2, 0) is 0 Å². The summed E-state index contributed by atoms with van der Waals surface area (Å²) < 4.78 is 0. The lowest BCUT2D eigenvalue weighted by Gasteiger charge is -2.43. The van der Waals surface area contributed by atoms with Gasteiger partial charge in [0.05, 0.1) is 0 Å². The molecule has 1 rings (SSSR count). The van der Waals surface area contributed by atoms with Gasteiger partial charge in [-0.25, -0.2) is 0 Å². The van der Waals surface area contributed by atoms with E-state index < -0.39 is 0 Å². The maximum Gasteiger partial charge on any atom is 0.0360 e. The molecular weight excluding hydrogens is 194 g/mol. The first-order valence-corrected chi connectivity index (χ1v) is 6.20. The number of rotatable bonds is 0. The zero-order chi connectivity index (χ0) is 12.7. The molecule has 0 bridgehead atoms. The van der Waals surface area contributed by atoms with E-state index in [1.807, 2.05) is 0 Å². The molecule has 0 aromatic carbocycles. The molecule has 1 nitrogen and oxygen atoms in total. The van der Waals surface area contributed by atoms with Crippen LogP contribution in [0.1, 0.15) is 55.4 Å². The molecule has 0 spiro atoms. The van der Waals surface area contributed by atoms with Crippen LogP contribution in [0.25, 0.3) is 0 Å². The van der Waals surface area contributed by atoms with E-state index in [1.54, 1.807) is 0 Å². The second-order valence-electron chi connectivity index (χ2n) is 7.01. The fourth-order valence-electron chi connectivity index (χ4n) is 2.55. The molecule has 0 N–H and O–H groups in total. The summed E-state index contributed by atoms with van der Waals surface area (Å²) in [7, 11) is 0. The molecule has 0 radical (unpaired) electrons. The van der Waals surface area contributed by atoms with E-state index in [2.05, 4.69) is 72.4 Å². The van der Waals surface area contributed by atoms with Crippen LogP contribution in [0, 0.1) is 11.3 Å². The molecule has 0 fully saturated rings. The molecule has 16 heavy (non-hydrogen) atoms. The monoisotopic (exact) mass is 221 g/mol. The molecule has 0 atom stereocenters. The highest BCUT2D eigenvalue weighted by Crippen LogP contribution is 2.37. The van der Waals surface area contributed by atoms with Crippen LogP contribution in [0.4, 0.5) is 0 Å². The van der Waals surface area contributed by atoms with Gasteiger partial charge in [0, 0.05) is 22.9 Å². The normalized spacial score (nSPS) is 19.6. The van der Waals surface area contributed by atoms with Crippen molar-refractivity contribution < 1.29 is 0 Å². The Labute approximate surface area is 101 Å². The fraction of sp³-hybridized carbons (Fsp3) is 0.733. The summed E-state index contributed by atoms with van der Waals surface area (Å²) in [6, 6.07) is 0. The highest BCUT2D eigenvalue weighted by molar-refractivity contribution is 5.24. The Bertz CT molecular complexity index is 300. The Morgan fingerprint density at radius 2 is 1.25 bits per heavy atom. The van der Waals surface area contributed by atoms with Gasteiger partial charge < -0.3 is 4.90 Å².